The highest BCUT2D eigenvalue weighted by Gasteiger charge is 2.16. The average Bonchev–Trinajstić information content (AvgIpc) is 3.02. The second-order valence-corrected chi connectivity index (χ2v) is 9.87. The van der Waals surface area contributed by atoms with E-state index in [-0.39, 0.29) is 0 Å². The number of hydrogen-bond donors (Lipinski definition) is 0. The minimum atomic E-state index is 0.730. The third-order valence-corrected chi connectivity index (χ3v) is 7.46. The van der Waals surface area contributed by atoms with Crippen LogP contribution >= 0.6 is 0 Å². The van der Waals surface area contributed by atoms with E-state index >= 15 is 0 Å². The Hall–Kier alpha value is -5.08. The van der Waals surface area contributed by atoms with E-state index in [0.29, 0.717) is 0 Å². The Kier molecular flexibility index (Phi) is 5.71. The molecule has 1 aromatic heterocycles. The molecule has 1 heterocycles. The van der Waals surface area contributed by atoms with Gasteiger partial charge in [0.05, 0.1) is 11.4 Å². The molecule has 0 amide bonds. The van der Waals surface area contributed by atoms with Crippen molar-refractivity contribution in [2.24, 2.45) is 0 Å². The number of fused-ring (bicyclic) bond motifs is 3. The molecule has 2 nitrogen and oxygen atoms in total. The molecule has 0 aliphatic carbocycles. The zero-order chi connectivity index (χ0) is 26.2. The molecule has 0 saturated heterocycles. The van der Waals surface area contributed by atoms with Gasteiger partial charge in [0.1, 0.15) is 0 Å². The van der Waals surface area contributed by atoms with Gasteiger partial charge in [-0.15, -0.1) is 0 Å². The molecule has 6 aromatic carbocycles. The van der Waals surface area contributed by atoms with Crippen molar-refractivity contribution < 1.29 is 0 Å². The Balaban J connectivity index is 1.37. The molecule has 2 heteroatoms. The normalized spacial score (nSPS) is 11.2. The largest absolute Gasteiger partial charge is 0.228 e. The van der Waals surface area contributed by atoms with Crippen LogP contribution in [0.3, 0.4) is 0 Å². The van der Waals surface area contributed by atoms with Crippen LogP contribution < -0.4 is 0 Å². The van der Waals surface area contributed by atoms with Crippen molar-refractivity contribution in [2.75, 3.05) is 0 Å². The minimum Gasteiger partial charge on any atom is -0.228 e. The maximum atomic E-state index is 5.08. The van der Waals surface area contributed by atoms with E-state index in [9.17, 15) is 0 Å². The van der Waals surface area contributed by atoms with Crippen LogP contribution in [-0.4, -0.2) is 9.97 Å². The van der Waals surface area contributed by atoms with Gasteiger partial charge in [-0.1, -0.05) is 133 Å². The smallest absolute Gasteiger partial charge is 0.160 e. The van der Waals surface area contributed by atoms with Crippen molar-refractivity contribution in [1.82, 2.24) is 9.97 Å². The number of rotatable bonds is 4. The second-order valence-electron chi connectivity index (χ2n) is 9.87. The van der Waals surface area contributed by atoms with Gasteiger partial charge in [-0.25, -0.2) is 9.97 Å². The fourth-order valence-corrected chi connectivity index (χ4v) is 5.49. The molecule has 0 spiro atoms. The maximum absolute atomic E-state index is 5.08. The Bertz CT molecular complexity index is 1880. The van der Waals surface area contributed by atoms with E-state index < -0.39 is 0 Å². The summed E-state index contributed by atoms with van der Waals surface area (Å²) in [5.41, 5.74) is 8.60. The van der Waals surface area contributed by atoms with Crippen molar-refractivity contribution >= 4 is 21.5 Å². The van der Waals surface area contributed by atoms with Crippen LogP contribution in [0.5, 0.6) is 0 Å². The maximum Gasteiger partial charge on any atom is 0.160 e. The summed E-state index contributed by atoms with van der Waals surface area (Å²) in [7, 11) is 0. The standard InChI is InChI=1S/C37H26N2/c1-25-35(27-12-4-2-5-13-27)38-37(39-36(25)28-14-6-3-7-15-28)29-22-20-26(21-23-29)34-24-30-16-8-9-17-31(30)32-18-10-11-19-33(32)34/h2-24H,1H3. The highest BCUT2D eigenvalue weighted by Crippen LogP contribution is 2.36. The van der Waals surface area contributed by atoms with Gasteiger partial charge < -0.3 is 0 Å². The van der Waals surface area contributed by atoms with Crippen LogP contribution in [-0.2, 0) is 0 Å². The van der Waals surface area contributed by atoms with Crippen molar-refractivity contribution in [3.05, 3.63) is 145 Å². The Labute approximate surface area is 228 Å². The zero-order valence-corrected chi connectivity index (χ0v) is 21.7. The third kappa shape index (κ3) is 4.17. The van der Waals surface area contributed by atoms with Crippen LogP contribution in [0.25, 0.3) is 66.6 Å². The van der Waals surface area contributed by atoms with E-state index in [0.717, 1.165) is 39.5 Å². The van der Waals surface area contributed by atoms with E-state index in [1.54, 1.807) is 0 Å². The van der Waals surface area contributed by atoms with Gasteiger partial charge in [0.15, 0.2) is 5.82 Å². The van der Waals surface area contributed by atoms with Crippen molar-refractivity contribution in [3.8, 4) is 45.0 Å². The van der Waals surface area contributed by atoms with Crippen LogP contribution in [0.2, 0.25) is 0 Å². The fourth-order valence-electron chi connectivity index (χ4n) is 5.49. The monoisotopic (exact) mass is 498 g/mol. The molecule has 0 N–H and O–H groups in total. The molecule has 7 rings (SSSR count). The van der Waals surface area contributed by atoms with E-state index in [1.807, 2.05) is 12.1 Å². The Morgan fingerprint density at radius 3 is 1.51 bits per heavy atom. The lowest BCUT2D eigenvalue weighted by atomic mass is 9.93. The number of aromatic nitrogens is 2. The van der Waals surface area contributed by atoms with Gasteiger partial charge in [0.25, 0.3) is 0 Å². The summed E-state index contributed by atoms with van der Waals surface area (Å²) in [4.78, 5) is 10.2. The average molecular weight is 499 g/mol. The fraction of sp³-hybridized carbons (Fsp3) is 0.0270. The molecule has 184 valence electrons. The number of hydrogen-bond acceptors (Lipinski definition) is 2. The lowest BCUT2D eigenvalue weighted by Crippen LogP contribution is -2.00. The van der Waals surface area contributed by atoms with Crippen molar-refractivity contribution in [3.63, 3.8) is 0 Å². The summed E-state index contributed by atoms with van der Waals surface area (Å²) in [6, 6.07) is 49.0. The van der Waals surface area contributed by atoms with Crippen molar-refractivity contribution in [1.29, 1.82) is 0 Å². The molecule has 0 radical (unpaired) electrons. The first-order valence-electron chi connectivity index (χ1n) is 13.3. The SMILES string of the molecule is Cc1c(-c2ccccc2)nc(-c2ccc(-c3cc4ccccc4c4ccccc34)cc2)nc1-c1ccccc1. The highest BCUT2D eigenvalue weighted by atomic mass is 14.9. The van der Waals surface area contributed by atoms with E-state index in [2.05, 4.69) is 134 Å². The molecule has 0 aliphatic rings. The van der Waals surface area contributed by atoms with Crippen LogP contribution in [0, 0.1) is 6.92 Å². The van der Waals surface area contributed by atoms with Gasteiger partial charge in [0, 0.05) is 22.3 Å². The summed E-state index contributed by atoms with van der Waals surface area (Å²) in [5.74, 6) is 0.730. The third-order valence-electron chi connectivity index (χ3n) is 7.46. The highest BCUT2D eigenvalue weighted by molar-refractivity contribution is 6.13. The molecule has 0 unspecified atom stereocenters. The molecule has 0 atom stereocenters. The first-order valence-corrected chi connectivity index (χ1v) is 13.3. The molecular weight excluding hydrogens is 472 g/mol. The quantitative estimate of drug-likeness (QED) is 0.226. The Morgan fingerprint density at radius 2 is 0.897 bits per heavy atom. The van der Waals surface area contributed by atoms with E-state index in [1.165, 1.54) is 32.7 Å². The first kappa shape index (κ1) is 23.1. The summed E-state index contributed by atoms with van der Waals surface area (Å²) in [6.45, 7) is 2.11. The van der Waals surface area contributed by atoms with Crippen molar-refractivity contribution in [2.45, 2.75) is 6.92 Å². The Morgan fingerprint density at radius 1 is 0.410 bits per heavy atom. The van der Waals surface area contributed by atoms with E-state index in [4.69, 9.17) is 9.97 Å². The zero-order valence-electron chi connectivity index (χ0n) is 21.7. The van der Waals surface area contributed by atoms with Gasteiger partial charge in [-0.3, -0.25) is 0 Å². The summed E-state index contributed by atoms with van der Waals surface area (Å²) >= 11 is 0. The molecule has 39 heavy (non-hydrogen) atoms. The second kappa shape index (κ2) is 9.66. The number of nitrogens with zero attached hydrogens (tertiary/aromatic N) is 2. The lowest BCUT2D eigenvalue weighted by molar-refractivity contribution is 1.15. The predicted molar refractivity (Wildman–Crippen MR) is 164 cm³/mol. The summed E-state index contributed by atoms with van der Waals surface area (Å²) in [6.07, 6.45) is 0. The number of benzene rings is 6. The van der Waals surface area contributed by atoms with Crippen LogP contribution in [0.1, 0.15) is 5.56 Å². The molecule has 0 aliphatic heterocycles. The topological polar surface area (TPSA) is 25.8 Å². The van der Waals surface area contributed by atoms with Gasteiger partial charge in [-0.2, -0.15) is 0 Å². The predicted octanol–water partition coefficient (Wildman–Crippen LogP) is 9.76. The lowest BCUT2D eigenvalue weighted by Gasteiger charge is -2.14. The summed E-state index contributed by atoms with van der Waals surface area (Å²) < 4.78 is 0. The first-order chi connectivity index (χ1) is 19.3. The van der Waals surface area contributed by atoms with Gasteiger partial charge in [0.2, 0.25) is 0 Å². The van der Waals surface area contributed by atoms with Crippen LogP contribution in [0.15, 0.2) is 140 Å². The van der Waals surface area contributed by atoms with Gasteiger partial charge in [-0.05, 0) is 45.7 Å². The molecule has 7 aromatic rings. The molecule has 0 saturated carbocycles. The minimum absolute atomic E-state index is 0.730. The van der Waals surface area contributed by atoms with Gasteiger partial charge >= 0.3 is 0 Å². The molecule has 0 bridgehead atoms. The molecular formula is C37H26N2. The summed E-state index contributed by atoms with van der Waals surface area (Å²) in [5, 5.41) is 5.06. The van der Waals surface area contributed by atoms with Crippen LogP contribution in [0.4, 0.5) is 0 Å². The molecule has 0 fully saturated rings.